The number of sulfonamides is 1. The molecule has 0 radical (unpaired) electrons. The van der Waals surface area contributed by atoms with E-state index in [9.17, 15) is 13.2 Å². The van der Waals surface area contributed by atoms with Gasteiger partial charge in [-0.25, -0.2) is 8.42 Å². The van der Waals surface area contributed by atoms with Crippen LogP contribution in [-0.2, 0) is 14.8 Å². The van der Waals surface area contributed by atoms with Gasteiger partial charge in [-0.05, 0) is 64.0 Å². The van der Waals surface area contributed by atoms with Gasteiger partial charge in [0, 0.05) is 11.7 Å². The van der Waals surface area contributed by atoms with Gasteiger partial charge in [-0.15, -0.1) is 0 Å². The molecular formula is C16H25N3O4S. The first kappa shape index (κ1) is 18.5. The van der Waals surface area contributed by atoms with Crippen molar-refractivity contribution in [2.45, 2.75) is 38.8 Å². The first-order valence-electron chi connectivity index (χ1n) is 8.11. The second kappa shape index (κ2) is 8.34. The molecule has 1 aromatic rings. The van der Waals surface area contributed by atoms with Crippen molar-refractivity contribution in [3.8, 4) is 5.75 Å². The summed E-state index contributed by atoms with van der Waals surface area (Å²) in [7, 11) is -3.74. The molecule has 24 heavy (non-hydrogen) atoms. The zero-order chi connectivity index (χ0) is 17.6. The summed E-state index contributed by atoms with van der Waals surface area (Å²) >= 11 is 0. The standard InChI is InChI=1S/C16H25N3O4S/c1-12(2)23-15-5-3-14(4-6-15)19-24(21,22)11-16(20)18-13-7-9-17-10-8-13/h3-6,12-13,17,19H,7-11H2,1-2H3,(H,18,20). The number of ether oxygens (including phenoxy) is 1. The quantitative estimate of drug-likeness (QED) is 0.680. The van der Waals surface area contributed by atoms with E-state index in [1.807, 2.05) is 13.8 Å². The summed E-state index contributed by atoms with van der Waals surface area (Å²) in [4.78, 5) is 11.9. The summed E-state index contributed by atoms with van der Waals surface area (Å²) in [5.74, 6) is -0.396. The highest BCUT2D eigenvalue weighted by atomic mass is 32.2. The van der Waals surface area contributed by atoms with Crippen LogP contribution in [0, 0.1) is 0 Å². The average molecular weight is 355 g/mol. The lowest BCUT2D eigenvalue weighted by Crippen LogP contribution is -2.45. The van der Waals surface area contributed by atoms with Crippen LogP contribution in [0.25, 0.3) is 0 Å². The van der Waals surface area contributed by atoms with E-state index in [-0.39, 0.29) is 12.1 Å². The van der Waals surface area contributed by atoms with Crippen LogP contribution in [0.4, 0.5) is 5.69 Å². The van der Waals surface area contributed by atoms with Gasteiger partial charge in [-0.1, -0.05) is 0 Å². The highest BCUT2D eigenvalue weighted by Gasteiger charge is 2.20. The molecule has 1 aromatic carbocycles. The molecule has 134 valence electrons. The Labute approximate surface area is 143 Å². The largest absolute Gasteiger partial charge is 0.491 e. The van der Waals surface area contributed by atoms with Crippen molar-refractivity contribution in [3.63, 3.8) is 0 Å². The van der Waals surface area contributed by atoms with Crippen LogP contribution in [0.1, 0.15) is 26.7 Å². The fourth-order valence-electron chi connectivity index (χ4n) is 2.50. The normalized spacial score (nSPS) is 16.0. The van der Waals surface area contributed by atoms with E-state index in [1.54, 1.807) is 24.3 Å². The van der Waals surface area contributed by atoms with Gasteiger partial charge >= 0.3 is 0 Å². The maximum absolute atomic E-state index is 12.1. The van der Waals surface area contributed by atoms with Gasteiger partial charge < -0.3 is 15.4 Å². The van der Waals surface area contributed by atoms with Gasteiger partial charge in [0.05, 0.1) is 6.10 Å². The molecule has 0 unspecified atom stereocenters. The minimum absolute atomic E-state index is 0.0430. The first-order valence-corrected chi connectivity index (χ1v) is 9.76. The number of rotatable bonds is 7. The number of piperidine rings is 1. The zero-order valence-electron chi connectivity index (χ0n) is 14.0. The molecule has 0 aromatic heterocycles. The summed E-state index contributed by atoms with van der Waals surface area (Å²) in [5, 5.41) is 5.97. The first-order chi connectivity index (χ1) is 11.3. The average Bonchev–Trinajstić information content (AvgIpc) is 2.48. The molecule has 0 aliphatic carbocycles. The second-order valence-corrected chi connectivity index (χ2v) is 7.87. The van der Waals surface area contributed by atoms with E-state index < -0.39 is 21.7 Å². The van der Waals surface area contributed by atoms with Crippen molar-refractivity contribution < 1.29 is 17.9 Å². The van der Waals surface area contributed by atoms with Crippen LogP contribution in [0.2, 0.25) is 0 Å². The van der Waals surface area contributed by atoms with Crippen molar-refractivity contribution in [2.24, 2.45) is 0 Å². The van der Waals surface area contributed by atoms with E-state index in [1.165, 1.54) is 0 Å². The molecule has 8 heteroatoms. The number of nitrogens with one attached hydrogen (secondary N) is 3. The Bertz CT molecular complexity index is 638. The molecular weight excluding hydrogens is 330 g/mol. The number of anilines is 1. The lowest BCUT2D eigenvalue weighted by Gasteiger charge is -2.23. The van der Waals surface area contributed by atoms with Crippen molar-refractivity contribution in [3.05, 3.63) is 24.3 Å². The summed E-state index contributed by atoms with van der Waals surface area (Å²) in [6, 6.07) is 6.64. The van der Waals surface area contributed by atoms with Crippen molar-refractivity contribution in [2.75, 3.05) is 23.6 Å². The zero-order valence-corrected chi connectivity index (χ0v) is 14.9. The van der Waals surface area contributed by atoms with E-state index in [4.69, 9.17) is 4.74 Å². The van der Waals surface area contributed by atoms with Crippen LogP contribution in [0.15, 0.2) is 24.3 Å². The Kier molecular flexibility index (Phi) is 6.44. The Morgan fingerprint density at radius 3 is 2.46 bits per heavy atom. The van der Waals surface area contributed by atoms with Gasteiger partial charge in [0.25, 0.3) is 0 Å². The highest BCUT2D eigenvalue weighted by Crippen LogP contribution is 2.17. The van der Waals surface area contributed by atoms with Crippen LogP contribution in [0.5, 0.6) is 5.75 Å². The highest BCUT2D eigenvalue weighted by molar-refractivity contribution is 7.93. The van der Waals surface area contributed by atoms with E-state index in [0.29, 0.717) is 11.4 Å². The van der Waals surface area contributed by atoms with Crippen molar-refractivity contribution >= 4 is 21.6 Å². The summed E-state index contributed by atoms with van der Waals surface area (Å²) in [5.41, 5.74) is 0.403. The summed E-state index contributed by atoms with van der Waals surface area (Å²) in [6.45, 7) is 5.50. The van der Waals surface area contributed by atoms with Crippen molar-refractivity contribution in [1.29, 1.82) is 0 Å². The maximum atomic E-state index is 12.1. The Morgan fingerprint density at radius 2 is 1.88 bits per heavy atom. The van der Waals surface area contributed by atoms with E-state index in [2.05, 4.69) is 15.4 Å². The van der Waals surface area contributed by atoms with Crippen LogP contribution >= 0.6 is 0 Å². The summed E-state index contributed by atoms with van der Waals surface area (Å²) in [6.07, 6.45) is 1.68. The van der Waals surface area contributed by atoms with Crippen LogP contribution in [-0.4, -0.2) is 45.3 Å². The molecule has 1 aliphatic heterocycles. The van der Waals surface area contributed by atoms with E-state index in [0.717, 1.165) is 25.9 Å². The minimum atomic E-state index is -3.74. The molecule has 1 aliphatic rings. The number of carbonyl (C=O) groups is 1. The molecule has 1 heterocycles. The Hall–Kier alpha value is -1.80. The maximum Gasteiger partial charge on any atom is 0.241 e. The molecule has 3 N–H and O–H groups in total. The van der Waals surface area contributed by atoms with E-state index >= 15 is 0 Å². The monoisotopic (exact) mass is 355 g/mol. The SMILES string of the molecule is CC(C)Oc1ccc(NS(=O)(=O)CC(=O)NC2CCNCC2)cc1. The molecule has 1 fully saturated rings. The van der Waals surface area contributed by atoms with Crippen molar-refractivity contribution in [1.82, 2.24) is 10.6 Å². The molecule has 0 atom stereocenters. The summed E-state index contributed by atoms with van der Waals surface area (Å²) < 4.78 is 32.1. The van der Waals surface area contributed by atoms with Gasteiger partial charge in [0.15, 0.2) is 0 Å². The third-order valence-corrected chi connectivity index (χ3v) is 4.71. The predicted molar refractivity (Wildman–Crippen MR) is 93.6 cm³/mol. The molecule has 7 nitrogen and oxygen atoms in total. The minimum Gasteiger partial charge on any atom is -0.491 e. The van der Waals surface area contributed by atoms with Gasteiger partial charge in [-0.3, -0.25) is 9.52 Å². The fraction of sp³-hybridized carbons (Fsp3) is 0.562. The number of hydrogen-bond acceptors (Lipinski definition) is 5. The Morgan fingerprint density at radius 1 is 1.25 bits per heavy atom. The smallest absolute Gasteiger partial charge is 0.241 e. The molecule has 0 bridgehead atoms. The topological polar surface area (TPSA) is 96.5 Å². The lowest BCUT2D eigenvalue weighted by molar-refractivity contribution is -0.119. The lowest BCUT2D eigenvalue weighted by atomic mass is 10.1. The van der Waals surface area contributed by atoms with Crippen LogP contribution in [0.3, 0.4) is 0 Å². The molecule has 2 rings (SSSR count). The number of benzene rings is 1. The second-order valence-electron chi connectivity index (χ2n) is 6.14. The van der Waals surface area contributed by atoms with Gasteiger partial charge in [-0.2, -0.15) is 0 Å². The molecule has 0 saturated carbocycles. The number of carbonyl (C=O) groups excluding carboxylic acids is 1. The fourth-order valence-corrected chi connectivity index (χ4v) is 3.49. The molecule has 1 amide bonds. The predicted octanol–water partition coefficient (Wildman–Crippen LogP) is 1.08. The van der Waals surface area contributed by atoms with Gasteiger partial charge in [0.2, 0.25) is 15.9 Å². The molecule has 0 spiro atoms. The van der Waals surface area contributed by atoms with Crippen LogP contribution < -0.4 is 20.1 Å². The molecule has 1 saturated heterocycles. The Balaban J connectivity index is 1.86. The third-order valence-electron chi connectivity index (χ3n) is 3.52. The number of amides is 1. The van der Waals surface area contributed by atoms with Gasteiger partial charge in [0.1, 0.15) is 11.5 Å². The third kappa shape index (κ3) is 6.37. The number of hydrogen-bond donors (Lipinski definition) is 3.